The smallest absolute Gasteiger partial charge is 0.339 e. The van der Waals surface area contributed by atoms with Crippen molar-refractivity contribution < 1.29 is 9.90 Å². The Morgan fingerprint density at radius 3 is 2.81 bits per heavy atom. The summed E-state index contributed by atoms with van der Waals surface area (Å²) < 4.78 is 1.70. The quantitative estimate of drug-likeness (QED) is 0.932. The van der Waals surface area contributed by atoms with Crippen molar-refractivity contribution in [1.29, 1.82) is 0 Å². The van der Waals surface area contributed by atoms with Crippen molar-refractivity contribution in [3.8, 4) is 0 Å². The van der Waals surface area contributed by atoms with Crippen molar-refractivity contribution in [2.75, 3.05) is 18.5 Å². The predicted molar refractivity (Wildman–Crippen MR) is 80.7 cm³/mol. The lowest BCUT2D eigenvalue weighted by molar-refractivity contribution is 0.0697. The number of pyridine rings is 1. The number of carboxylic acid groups (broad SMARTS) is 1. The van der Waals surface area contributed by atoms with E-state index in [0.717, 1.165) is 34.9 Å². The first kappa shape index (κ1) is 13.9. The molecular formula is C15H20N4O2. The number of hydrogen-bond donors (Lipinski definition) is 1. The van der Waals surface area contributed by atoms with Crippen molar-refractivity contribution >= 4 is 22.7 Å². The molecule has 0 radical (unpaired) electrons. The topological polar surface area (TPSA) is 71.2 Å². The van der Waals surface area contributed by atoms with Gasteiger partial charge in [0, 0.05) is 26.8 Å². The highest BCUT2D eigenvalue weighted by atomic mass is 16.4. The van der Waals surface area contributed by atoms with Gasteiger partial charge in [0.2, 0.25) is 0 Å². The van der Waals surface area contributed by atoms with Crippen LogP contribution in [0.25, 0.3) is 11.0 Å². The van der Waals surface area contributed by atoms with Gasteiger partial charge in [0.1, 0.15) is 5.56 Å². The van der Waals surface area contributed by atoms with Crippen molar-refractivity contribution in [2.24, 2.45) is 18.9 Å². The van der Waals surface area contributed by atoms with Gasteiger partial charge in [-0.3, -0.25) is 4.68 Å². The number of anilines is 1. The van der Waals surface area contributed by atoms with Gasteiger partial charge in [-0.05, 0) is 25.2 Å². The number of aromatic nitrogens is 3. The molecule has 0 spiro atoms. The van der Waals surface area contributed by atoms with E-state index in [1.807, 2.05) is 21.0 Å². The Labute approximate surface area is 123 Å². The Morgan fingerprint density at radius 2 is 2.24 bits per heavy atom. The standard InChI is InChI=1S/C15H20N4O2/c1-8-5-10(8)7-18(3)13-11(15(20)21)6-16-14-12(13)9(2)17-19(14)4/h6,8,10H,5,7H2,1-4H3,(H,20,21). The third kappa shape index (κ3) is 2.24. The van der Waals surface area contributed by atoms with Gasteiger partial charge in [0.15, 0.2) is 5.65 Å². The fraction of sp³-hybridized carbons (Fsp3) is 0.533. The molecule has 2 aromatic rings. The van der Waals surface area contributed by atoms with E-state index in [1.54, 1.807) is 4.68 Å². The number of hydrogen-bond acceptors (Lipinski definition) is 4. The maximum atomic E-state index is 11.6. The van der Waals surface area contributed by atoms with E-state index < -0.39 is 5.97 Å². The molecular weight excluding hydrogens is 268 g/mol. The zero-order valence-electron chi connectivity index (χ0n) is 12.8. The highest BCUT2D eigenvalue weighted by Gasteiger charge is 2.34. The van der Waals surface area contributed by atoms with Gasteiger partial charge >= 0.3 is 5.97 Å². The van der Waals surface area contributed by atoms with E-state index in [1.165, 1.54) is 12.6 Å². The molecule has 2 aromatic heterocycles. The first-order valence-corrected chi connectivity index (χ1v) is 7.17. The molecule has 1 N–H and O–H groups in total. The van der Waals surface area contributed by atoms with Gasteiger partial charge in [-0.25, -0.2) is 9.78 Å². The molecule has 0 bridgehead atoms. The van der Waals surface area contributed by atoms with Crippen LogP contribution in [0.5, 0.6) is 0 Å². The third-order valence-corrected chi connectivity index (χ3v) is 4.40. The first-order valence-electron chi connectivity index (χ1n) is 7.17. The molecule has 0 aromatic carbocycles. The van der Waals surface area contributed by atoms with Gasteiger partial charge < -0.3 is 10.0 Å². The Balaban J connectivity index is 2.15. The van der Waals surface area contributed by atoms with Crippen LogP contribution in [-0.2, 0) is 7.05 Å². The SMILES string of the molecule is Cc1nn(C)c2ncc(C(=O)O)c(N(C)CC3CC3C)c12. The van der Waals surface area contributed by atoms with E-state index in [0.29, 0.717) is 5.92 Å². The van der Waals surface area contributed by atoms with Gasteiger partial charge in [-0.2, -0.15) is 5.10 Å². The number of aryl methyl sites for hydroxylation is 2. The van der Waals surface area contributed by atoms with Gasteiger partial charge in [0.05, 0.1) is 16.8 Å². The molecule has 2 heterocycles. The number of carbonyl (C=O) groups is 1. The summed E-state index contributed by atoms with van der Waals surface area (Å²) in [6.45, 7) is 5.00. The number of carboxylic acids is 1. The second kappa shape index (κ2) is 4.72. The van der Waals surface area contributed by atoms with Crippen LogP contribution in [-0.4, -0.2) is 39.4 Å². The van der Waals surface area contributed by atoms with Crippen molar-refractivity contribution in [3.05, 3.63) is 17.5 Å². The van der Waals surface area contributed by atoms with Crippen molar-refractivity contribution in [2.45, 2.75) is 20.3 Å². The van der Waals surface area contributed by atoms with Gasteiger partial charge in [0.25, 0.3) is 0 Å². The van der Waals surface area contributed by atoms with Crippen molar-refractivity contribution in [3.63, 3.8) is 0 Å². The van der Waals surface area contributed by atoms with E-state index >= 15 is 0 Å². The molecule has 1 saturated carbocycles. The Morgan fingerprint density at radius 1 is 1.57 bits per heavy atom. The molecule has 0 amide bonds. The fourth-order valence-electron chi connectivity index (χ4n) is 3.04. The lowest BCUT2D eigenvalue weighted by Gasteiger charge is -2.22. The number of fused-ring (bicyclic) bond motifs is 1. The van der Waals surface area contributed by atoms with Crippen LogP contribution in [0, 0.1) is 18.8 Å². The van der Waals surface area contributed by atoms with Crippen LogP contribution < -0.4 is 4.90 Å². The minimum Gasteiger partial charge on any atom is -0.478 e. The monoisotopic (exact) mass is 288 g/mol. The van der Waals surface area contributed by atoms with Gasteiger partial charge in [-0.1, -0.05) is 6.92 Å². The zero-order chi connectivity index (χ0) is 15.3. The lowest BCUT2D eigenvalue weighted by atomic mass is 10.1. The van der Waals surface area contributed by atoms with E-state index in [9.17, 15) is 9.90 Å². The molecule has 3 rings (SSSR count). The van der Waals surface area contributed by atoms with Crippen molar-refractivity contribution in [1.82, 2.24) is 14.8 Å². The molecule has 6 heteroatoms. The summed E-state index contributed by atoms with van der Waals surface area (Å²) in [5.74, 6) is 0.434. The predicted octanol–water partition coefficient (Wildman–Crippen LogP) is 2.07. The summed E-state index contributed by atoms with van der Waals surface area (Å²) >= 11 is 0. The molecule has 21 heavy (non-hydrogen) atoms. The summed E-state index contributed by atoms with van der Waals surface area (Å²) in [7, 11) is 3.79. The maximum absolute atomic E-state index is 11.6. The molecule has 0 saturated heterocycles. The first-order chi connectivity index (χ1) is 9.90. The second-order valence-electron chi connectivity index (χ2n) is 6.09. The molecule has 1 aliphatic carbocycles. The minimum atomic E-state index is -0.946. The van der Waals surface area contributed by atoms with E-state index in [2.05, 4.69) is 21.9 Å². The zero-order valence-corrected chi connectivity index (χ0v) is 12.8. The third-order valence-electron chi connectivity index (χ3n) is 4.40. The molecule has 0 aliphatic heterocycles. The number of nitrogens with zero attached hydrogens (tertiary/aromatic N) is 4. The summed E-state index contributed by atoms with van der Waals surface area (Å²) in [5.41, 5.74) is 2.52. The van der Waals surface area contributed by atoms with Crippen LogP contribution in [0.15, 0.2) is 6.20 Å². The summed E-state index contributed by atoms with van der Waals surface area (Å²) in [6.07, 6.45) is 2.65. The molecule has 112 valence electrons. The van der Waals surface area contributed by atoms with Crippen LogP contribution in [0.4, 0.5) is 5.69 Å². The second-order valence-corrected chi connectivity index (χ2v) is 6.09. The summed E-state index contributed by atoms with van der Waals surface area (Å²) in [5, 5.41) is 14.7. The van der Waals surface area contributed by atoms with Gasteiger partial charge in [-0.15, -0.1) is 0 Å². The summed E-state index contributed by atoms with van der Waals surface area (Å²) in [6, 6.07) is 0. The van der Waals surface area contributed by atoms with Crippen LogP contribution in [0.2, 0.25) is 0 Å². The molecule has 1 aliphatic rings. The van der Waals surface area contributed by atoms with Crippen LogP contribution >= 0.6 is 0 Å². The average molecular weight is 288 g/mol. The van der Waals surface area contributed by atoms with E-state index in [4.69, 9.17) is 0 Å². The highest BCUT2D eigenvalue weighted by molar-refractivity contribution is 6.04. The Kier molecular flexibility index (Phi) is 3.11. The fourth-order valence-corrected chi connectivity index (χ4v) is 3.04. The van der Waals surface area contributed by atoms with Crippen LogP contribution in [0.3, 0.4) is 0 Å². The normalized spacial score (nSPS) is 20.8. The molecule has 2 atom stereocenters. The minimum absolute atomic E-state index is 0.245. The number of rotatable bonds is 4. The lowest BCUT2D eigenvalue weighted by Crippen LogP contribution is -2.23. The average Bonchev–Trinajstić information content (AvgIpc) is 3.02. The molecule has 6 nitrogen and oxygen atoms in total. The maximum Gasteiger partial charge on any atom is 0.339 e. The summed E-state index contributed by atoms with van der Waals surface area (Å²) in [4.78, 5) is 17.9. The van der Waals surface area contributed by atoms with E-state index in [-0.39, 0.29) is 5.56 Å². The molecule has 2 unspecified atom stereocenters. The highest BCUT2D eigenvalue weighted by Crippen LogP contribution is 2.40. The largest absolute Gasteiger partial charge is 0.478 e. The Hall–Kier alpha value is -2.11. The Bertz CT molecular complexity index is 722. The van der Waals surface area contributed by atoms with Crippen LogP contribution in [0.1, 0.15) is 29.4 Å². The number of aromatic carboxylic acids is 1. The molecule has 1 fully saturated rings.